The Bertz CT molecular complexity index is 646. The first-order valence-electron chi connectivity index (χ1n) is 6.49. The highest BCUT2D eigenvalue weighted by Crippen LogP contribution is 2.16. The minimum atomic E-state index is -0.611. The molecule has 1 heterocycles. The van der Waals surface area contributed by atoms with Crippen LogP contribution in [-0.2, 0) is 13.1 Å². The Morgan fingerprint density at radius 1 is 1.19 bits per heavy atom. The Balaban J connectivity index is 2.18. The second-order valence-corrected chi connectivity index (χ2v) is 4.59. The van der Waals surface area contributed by atoms with Crippen molar-refractivity contribution in [3.05, 3.63) is 47.3 Å². The number of hydrogen-bond donors (Lipinski definition) is 3. The van der Waals surface area contributed by atoms with Gasteiger partial charge in [-0.25, -0.2) is 0 Å². The van der Waals surface area contributed by atoms with E-state index in [1.807, 2.05) is 17.8 Å². The van der Waals surface area contributed by atoms with E-state index < -0.39 is 11.8 Å². The number of nitrogens with two attached hydrogens (primary N) is 2. The van der Waals surface area contributed by atoms with Gasteiger partial charge in [0.25, 0.3) is 0 Å². The molecule has 2 aromatic rings. The van der Waals surface area contributed by atoms with E-state index in [0.717, 1.165) is 12.1 Å². The molecule has 0 radical (unpaired) electrons. The summed E-state index contributed by atoms with van der Waals surface area (Å²) in [6.07, 6.45) is 3.67. The van der Waals surface area contributed by atoms with Gasteiger partial charge in [-0.1, -0.05) is 0 Å². The van der Waals surface area contributed by atoms with Gasteiger partial charge >= 0.3 is 0 Å². The lowest BCUT2D eigenvalue weighted by Gasteiger charge is -2.08. The molecule has 1 aromatic heterocycles. The van der Waals surface area contributed by atoms with E-state index in [2.05, 4.69) is 10.4 Å². The number of amides is 2. The highest BCUT2D eigenvalue weighted by molar-refractivity contribution is 5.99. The molecule has 0 spiro atoms. The molecule has 0 saturated heterocycles. The summed E-state index contributed by atoms with van der Waals surface area (Å²) in [5, 5.41) is 7.29. The number of rotatable bonds is 6. The molecule has 0 saturated carbocycles. The maximum absolute atomic E-state index is 11.3. The summed E-state index contributed by atoms with van der Waals surface area (Å²) in [7, 11) is 0. The van der Waals surface area contributed by atoms with Gasteiger partial charge in [-0.3, -0.25) is 14.3 Å². The van der Waals surface area contributed by atoms with Gasteiger partial charge in [0.1, 0.15) is 0 Å². The van der Waals surface area contributed by atoms with Crippen LogP contribution < -0.4 is 16.8 Å². The summed E-state index contributed by atoms with van der Waals surface area (Å²) < 4.78 is 1.81. The molecule has 110 valence electrons. The molecular weight excluding hydrogens is 270 g/mol. The van der Waals surface area contributed by atoms with Gasteiger partial charge in [0, 0.05) is 41.7 Å². The summed E-state index contributed by atoms with van der Waals surface area (Å²) >= 11 is 0. The fourth-order valence-electron chi connectivity index (χ4n) is 1.89. The van der Waals surface area contributed by atoms with Crippen LogP contribution in [-0.4, -0.2) is 21.6 Å². The Kier molecular flexibility index (Phi) is 4.22. The first-order chi connectivity index (χ1) is 9.99. The van der Waals surface area contributed by atoms with Crippen molar-refractivity contribution in [3.63, 3.8) is 0 Å². The zero-order valence-corrected chi connectivity index (χ0v) is 11.7. The Morgan fingerprint density at radius 3 is 2.29 bits per heavy atom. The lowest BCUT2D eigenvalue weighted by Crippen LogP contribution is -2.16. The van der Waals surface area contributed by atoms with Gasteiger partial charge in [-0.05, 0) is 25.1 Å². The quantitative estimate of drug-likeness (QED) is 0.725. The highest BCUT2D eigenvalue weighted by atomic mass is 16.1. The second-order valence-electron chi connectivity index (χ2n) is 4.59. The predicted molar refractivity (Wildman–Crippen MR) is 78.7 cm³/mol. The molecule has 2 amide bonds. The van der Waals surface area contributed by atoms with Crippen LogP contribution in [0.25, 0.3) is 0 Å². The number of primary amides is 2. The highest BCUT2D eigenvalue weighted by Gasteiger charge is 2.09. The van der Waals surface area contributed by atoms with Crippen LogP contribution in [0.2, 0.25) is 0 Å². The maximum atomic E-state index is 11.3. The molecule has 0 bridgehead atoms. The first kappa shape index (κ1) is 14.6. The summed E-state index contributed by atoms with van der Waals surface area (Å²) in [6.45, 7) is 3.31. The van der Waals surface area contributed by atoms with E-state index in [-0.39, 0.29) is 11.1 Å². The minimum Gasteiger partial charge on any atom is -0.381 e. The van der Waals surface area contributed by atoms with Gasteiger partial charge in [-0.15, -0.1) is 0 Å². The van der Waals surface area contributed by atoms with Gasteiger partial charge in [0.2, 0.25) is 11.8 Å². The van der Waals surface area contributed by atoms with Gasteiger partial charge in [0.15, 0.2) is 0 Å². The van der Waals surface area contributed by atoms with Crippen LogP contribution in [0, 0.1) is 0 Å². The third kappa shape index (κ3) is 3.59. The molecule has 5 N–H and O–H groups in total. The fourth-order valence-corrected chi connectivity index (χ4v) is 1.89. The number of anilines is 1. The molecule has 2 rings (SSSR count). The summed E-state index contributed by atoms with van der Waals surface area (Å²) in [4.78, 5) is 22.5. The number of benzene rings is 1. The number of aromatic nitrogens is 2. The summed E-state index contributed by atoms with van der Waals surface area (Å²) in [5.41, 5.74) is 12.6. The smallest absolute Gasteiger partial charge is 0.248 e. The van der Waals surface area contributed by atoms with E-state index in [0.29, 0.717) is 12.2 Å². The van der Waals surface area contributed by atoms with Crippen molar-refractivity contribution >= 4 is 17.5 Å². The van der Waals surface area contributed by atoms with Crippen LogP contribution in [0.3, 0.4) is 0 Å². The molecule has 0 aliphatic rings. The van der Waals surface area contributed by atoms with Gasteiger partial charge < -0.3 is 16.8 Å². The van der Waals surface area contributed by atoms with Crippen molar-refractivity contribution in [2.24, 2.45) is 11.5 Å². The minimum absolute atomic E-state index is 0.234. The average molecular weight is 287 g/mol. The topological polar surface area (TPSA) is 116 Å². The average Bonchev–Trinajstić information content (AvgIpc) is 2.92. The van der Waals surface area contributed by atoms with Crippen molar-refractivity contribution < 1.29 is 9.59 Å². The predicted octanol–water partition coefficient (Wildman–Crippen LogP) is 0.713. The zero-order chi connectivity index (χ0) is 15.4. The van der Waals surface area contributed by atoms with Gasteiger partial charge in [0.05, 0.1) is 6.20 Å². The molecule has 0 atom stereocenters. The Hall–Kier alpha value is -2.83. The molecule has 21 heavy (non-hydrogen) atoms. The SMILES string of the molecule is CCn1cc(CNc2cc(C(N)=O)cc(C(N)=O)c2)cn1. The molecule has 0 unspecified atom stereocenters. The number of nitrogens with zero attached hydrogens (tertiary/aromatic N) is 2. The van der Waals surface area contributed by atoms with Crippen molar-refractivity contribution in [1.29, 1.82) is 0 Å². The molecule has 0 aliphatic carbocycles. The Morgan fingerprint density at radius 2 is 1.81 bits per heavy atom. The van der Waals surface area contributed by atoms with Crippen molar-refractivity contribution in [2.45, 2.75) is 20.0 Å². The summed E-state index contributed by atoms with van der Waals surface area (Å²) in [6, 6.07) is 4.54. The monoisotopic (exact) mass is 287 g/mol. The molecule has 0 fully saturated rings. The number of nitrogens with one attached hydrogen (secondary N) is 1. The molecule has 0 aliphatic heterocycles. The van der Waals surface area contributed by atoms with Crippen LogP contribution in [0.4, 0.5) is 5.69 Å². The third-order valence-electron chi connectivity index (χ3n) is 3.01. The van der Waals surface area contributed by atoms with Crippen molar-refractivity contribution in [1.82, 2.24) is 9.78 Å². The van der Waals surface area contributed by atoms with Crippen LogP contribution in [0.15, 0.2) is 30.6 Å². The molecule has 7 nitrogen and oxygen atoms in total. The third-order valence-corrected chi connectivity index (χ3v) is 3.01. The lowest BCUT2D eigenvalue weighted by molar-refractivity contribution is 0.0999. The first-order valence-corrected chi connectivity index (χ1v) is 6.49. The zero-order valence-electron chi connectivity index (χ0n) is 11.7. The van der Waals surface area contributed by atoms with Crippen molar-refractivity contribution in [2.75, 3.05) is 5.32 Å². The Labute approximate surface area is 121 Å². The van der Waals surface area contributed by atoms with E-state index >= 15 is 0 Å². The normalized spacial score (nSPS) is 10.3. The largest absolute Gasteiger partial charge is 0.381 e. The lowest BCUT2D eigenvalue weighted by atomic mass is 10.1. The molecular formula is C14H17N5O2. The van der Waals surface area contributed by atoms with E-state index in [4.69, 9.17) is 11.5 Å². The van der Waals surface area contributed by atoms with Crippen molar-refractivity contribution in [3.8, 4) is 0 Å². The van der Waals surface area contributed by atoms with E-state index in [1.54, 1.807) is 18.3 Å². The standard InChI is InChI=1S/C14H17N5O2/c1-2-19-8-9(7-18-19)6-17-12-4-10(13(15)20)3-11(5-12)14(16)21/h3-5,7-8,17H,2,6H2,1H3,(H2,15,20)(H2,16,21). The number of carbonyl (C=O) groups is 2. The second kappa shape index (κ2) is 6.08. The molecule has 1 aromatic carbocycles. The van der Waals surface area contributed by atoms with Crippen LogP contribution in [0.5, 0.6) is 0 Å². The maximum Gasteiger partial charge on any atom is 0.248 e. The number of hydrogen-bond acceptors (Lipinski definition) is 4. The fraction of sp³-hybridized carbons (Fsp3) is 0.214. The number of aryl methyl sites for hydroxylation is 1. The van der Waals surface area contributed by atoms with Crippen LogP contribution in [0.1, 0.15) is 33.2 Å². The van der Waals surface area contributed by atoms with Crippen LogP contribution >= 0.6 is 0 Å². The van der Waals surface area contributed by atoms with Gasteiger partial charge in [-0.2, -0.15) is 5.10 Å². The summed E-state index contributed by atoms with van der Waals surface area (Å²) in [5.74, 6) is -1.22. The van der Waals surface area contributed by atoms with E-state index in [1.165, 1.54) is 6.07 Å². The molecule has 7 heteroatoms. The number of carbonyl (C=O) groups excluding carboxylic acids is 2. The van der Waals surface area contributed by atoms with E-state index in [9.17, 15) is 9.59 Å².